The molecule has 1 heterocycles. The van der Waals surface area contributed by atoms with Crippen LogP contribution in [0.4, 0.5) is 10.1 Å². The quantitative estimate of drug-likeness (QED) is 0.358. The van der Waals surface area contributed by atoms with Gasteiger partial charge in [0.05, 0.1) is 27.0 Å². The second kappa shape index (κ2) is 8.79. The van der Waals surface area contributed by atoms with E-state index in [1.807, 2.05) is 12.3 Å². The van der Waals surface area contributed by atoms with Gasteiger partial charge in [-0.2, -0.15) is 5.10 Å². The van der Waals surface area contributed by atoms with Crippen molar-refractivity contribution in [1.82, 2.24) is 9.78 Å². The summed E-state index contributed by atoms with van der Waals surface area (Å²) in [5.74, 6) is -1.36. The Kier molecular flexibility index (Phi) is 5.93. The molecule has 1 aromatic heterocycles. The van der Waals surface area contributed by atoms with Crippen LogP contribution >= 0.6 is 23.2 Å². The number of anilines is 1. The molecular formula is C23H16Cl2FN3O2. The highest BCUT2D eigenvalue weighted by Gasteiger charge is 2.14. The van der Waals surface area contributed by atoms with Crippen LogP contribution in [0, 0.1) is 5.82 Å². The summed E-state index contributed by atoms with van der Waals surface area (Å²) in [4.78, 5) is 11.1. The van der Waals surface area contributed by atoms with Gasteiger partial charge in [-0.3, -0.25) is 0 Å². The molecule has 0 spiro atoms. The highest BCUT2D eigenvalue weighted by atomic mass is 35.5. The van der Waals surface area contributed by atoms with Crippen molar-refractivity contribution in [1.29, 1.82) is 0 Å². The van der Waals surface area contributed by atoms with Crippen molar-refractivity contribution in [3.63, 3.8) is 0 Å². The number of carboxylic acids is 1. The highest BCUT2D eigenvalue weighted by Crippen LogP contribution is 2.28. The number of carbonyl (C=O) groups is 1. The predicted octanol–water partition coefficient (Wildman–Crippen LogP) is 6.30. The molecule has 31 heavy (non-hydrogen) atoms. The van der Waals surface area contributed by atoms with Gasteiger partial charge in [0.2, 0.25) is 0 Å². The molecule has 5 nitrogen and oxygen atoms in total. The first-order valence-corrected chi connectivity index (χ1v) is 10.0. The first-order valence-electron chi connectivity index (χ1n) is 9.28. The third-order valence-electron chi connectivity index (χ3n) is 4.67. The summed E-state index contributed by atoms with van der Waals surface area (Å²) in [5.41, 5.74) is 3.70. The molecule has 0 aliphatic carbocycles. The average molecular weight is 456 g/mol. The van der Waals surface area contributed by atoms with Crippen LogP contribution in [-0.2, 0) is 6.54 Å². The lowest BCUT2D eigenvalue weighted by molar-refractivity contribution is 0.0697. The van der Waals surface area contributed by atoms with Crippen LogP contribution in [0.1, 0.15) is 15.9 Å². The fourth-order valence-corrected chi connectivity index (χ4v) is 3.41. The number of hydrogen-bond donors (Lipinski definition) is 2. The average Bonchev–Trinajstić information content (AvgIpc) is 3.19. The number of carboxylic acid groups (broad SMARTS) is 1. The summed E-state index contributed by atoms with van der Waals surface area (Å²) in [5, 5.41) is 17.9. The minimum atomic E-state index is -1.00. The van der Waals surface area contributed by atoms with Crippen molar-refractivity contribution in [2.45, 2.75) is 6.54 Å². The number of rotatable bonds is 6. The van der Waals surface area contributed by atoms with E-state index in [0.717, 1.165) is 11.3 Å². The number of aromatic carboxylic acids is 1. The van der Waals surface area contributed by atoms with Crippen LogP contribution in [0.25, 0.3) is 16.9 Å². The van der Waals surface area contributed by atoms with Gasteiger partial charge in [0, 0.05) is 29.6 Å². The Labute approximate surface area is 187 Å². The van der Waals surface area contributed by atoms with Gasteiger partial charge in [-0.25, -0.2) is 13.9 Å². The van der Waals surface area contributed by atoms with E-state index < -0.39 is 5.97 Å². The van der Waals surface area contributed by atoms with Crippen LogP contribution in [0.3, 0.4) is 0 Å². The second-order valence-corrected chi connectivity index (χ2v) is 7.61. The first kappa shape index (κ1) is 20.9. The van der Waals surface area contributed by atoms with E-state index in [0.29, 0.717) is 33.5 Å². The highest BCUT2D eigenvalue weighted by molar-refractivity contribution is 6.42. The summed E-state index contributed by atoms with van der Waals surface area (Å²) >= 11 is 12.1. The van der Waals surface area contributed by atoms with Gasteiger partial charge in [0.25, 0.3) is 0 Å². The van der Waals surface area contributed by atoms with E-state index in [2.05, 4.69) is 10.4 Å². The Morgan fingerprint density at radius 2 is 1.81 bits per heavy atom. The zero-order chi connectivity index (χ0) is 22.0. The minimum absolute atomic E-state index is 0.183. The molecule has 156 valence electrons. The lowest BCUT2D eigenvalue weighted by atomic mass is 10.1. The van der Waals surface area contributed by atoms with Gasteiger partial charge >= 0.3 is 5.97 Å². The zero-order valence-corrected chi connectivity index (χ0v) is 17.5. The normalized spacial score (nSPS) is 10.8. The van der Waals surface area contributed by atoms with Crippen molar-refractivity contribution >= 4 is 34.9 Å². The van der Waals surface area contributed by atoms with Gasteiger partial charge in [-0.15, -0.1) is 0 Å². The van der Waals surface area contributed by atoms with E-state index in [1.54, 1.807) is 41.1 Å². The van der Waals surface area contributed by atoms with E-state index in [4.69, 9.17) is 28.3 Å². The molecule has 0 unspecified atom stereocenters. The van der Waals surface area contributed by atoms with Gasteiger partial charge in [0.1, 0.15) is 5.82 Å². The molecule has 0 atom stereocenters. The lowest BCUT2D eigenvalue weighted by Crippen LogP contribution is -2.00. The molecule has 0 fully saturated rings. The molecule has 3 aromatic carbocycles. The molecule has 0 saturated carbocycles. The Morgan fingerprint density at radius 3 is 2.48 bits per heavy atom. The molecule has 0 saturated heterocycles. The fraction of sp³-hybridized carbons (Fsp3) is 0.0435. The van der Waals surface area contributed by atoms with Crippen LogP contribution in [0.15, 0.2) is 72.9 Å². The van der Waals surface area contributed by atoms with Crippen LogP contribution in [0.5, 0.6) is 0 Å². The molecule has 0 aliphatic rings. The summed E-state index contributed by atoms with van der Waals surface area (Å²) in [6, 6.07) is 17.8. The Bertz CT molecular complexity index is 1260. The second-order valence-electron chi connectivity index (χ2n) is 6.79. The third kappa shape index (κ3) is 4.71. The minimum Gasteiger partial charge on any atom is -0.478 e. The Balaban J connectivity index is 1.69. The maximum Gasteiger partial charge on any atom is 0.335 e. The van der Waals surface area contributed by atoms with Gasteiger partial charge in [-0.05, 0) is 54.6 Å². The van der Waals surface area contributed by atoms with Crippen molar-refractivity contribution in [2.24, 2.45) is 0 Å². The SMILES string of the molecule is O=C(O)c1ccc(-n2cc(CNc3ccc(Cl)c(Cl)c3)c(-c3cccc(F)c3)n2)cc1. The van der Waals surface area contributed by atoms with Crippen LogP contribution < -0.4 is 5.32 Å². The molecule has 0 aliphatic heterocycles. The summed E-state index contributed by atoms with van der Waals surface area (Å²) in [7, 11) is 0. The lowest BCUT2D eigenvalue weighted by Gasteiger charge is -2.08. The topological polar surface area (TPSA) is 67.2 Å². The van der Waals surface area contributed by atoms with Crippen molar-refractivity contribution in [3.8, 4) is 16.9 Å². The molecule has 0 amide bonds. The molecule has 2 N–H and O–H groups in total. The largest absolute Gasteiger partial charge is 0.478 e. The molecular weight excluding hydrogens is 440 g/mol. The summed E-state index contributed by atoms with van der Waals surface area (Å²) in [6.45, 7) is 0.400. The maximum atomic E-state index is 13.8. The number of aromatic nitrogens is 2. The van der Waals surface area contributed by atoms with Gasteiger partial charge in [0.15, 0.2) is 0 Å². The van der Waals surface area contributed by atoms with Crippen LogP contribution in [-0.4, -0.2) is 20.9 Å². The van der Waals surface area contributed by atoms with E-state index in [9.17, 15) is 9.18 Å². The number of nitrogens with zero attached hydrogens (tertiary/aromatic N) is 2. The maximum absolute atomic E-state index is 13.8. The monoisotopic (exact) mass is 455 g/mol. The fourth-order valence-electron chi connectivity index (χ4n) is 3.11. The number of hydrogen-bond acceptors (Lipinski definition) is 3. The molecule has 0 bridgehead atoms. The molecule has 8 heteroatoms. The smallest absolute Gasteiger partial charge is 0.335 e. The first-order chi connectivity index (χ1) is 14.9. The van der Waals surface area contributed by atoms with Gasteiger partial charge < -0.3 is 10.4 Å². The molecule has 0 radical (unpaired) electrons. The van der Waals surface area contributed by atoms with E-state index >= 15 is 0 Å². The predicted molar refractivity (Wildman–Crippen MR) is 120 cm³/mol. The van der Waals surface area contributed by atoms with Crippen molar-refractivity contribution in [3.05, 3.63) is 99.9 Å². The standard InChI is InChI=1S/C23H16Cl2FN3O2/c24-20-9-6-18(11-21(20)25)27-12-16-13-29(19-7-4-14(5-8-19)23(30)31)28-22(16)15-2-1-3-17(26)10-15/h1-11,13,27H,12H2,(H,30,31). The molecule has 4 aromatic rings. The van der Waals surface area contributed by atoms with Gasteiger partial charge in [-0.1, -0.05) is 35.3 Å². The van der Waals surface area contributed by atoms with Crippen molar-refractivity contribution in [2.75, 3.05) is 5.32 Å². The Morgan fingerprint density at radius 1 is 1.03 bits per heavy atom. The van der Waals surface area contributed by atoms with E-state index in [1.165, 1.54) is 24.3 Å². The zero-order valence-electron chi connectivity index (χ0n) is 16.0. The number of nitrogens with one attached hydrogen (secondary N) is 1. The Hall–Kier alpha value is -3.35. The summed E-state index contributed by atoms with van der Waals surface area (Å²) in [6.07, 6.45) is 1.82. The third-order valence-corrected chi connectivity index (χ3v) is 5.41. The van der Waals surface area contributed by atoms with Crippen molar-refractivity contribution < 1.29 is 14.3 Å². The summed E-state index contributed by atoms with van der Waals surface area (Å²) < 4.78 is 15.5. The molecule has 4 rings (SSSR count). The number of halogens is 3. The van der Waals surface area contributed by atoms with E-state index in [-0.39, 0.29) is 11.4 Å². The number of benzene rings is 3. The van der Waals surface area contributed by atoms with Crippen LogP contribution in [0.2, 0.25) is 10.0 Å².